The first-order valence-electron chi connectivity index (χ1n) is 14.6. The topological polar surface area (TPSA) is 87.9 Å². The molecule has 4 unspecified atom stereocenters. The van der Waals surface area contributed by atoms with Crippen LogP contribution in [0.2, 0.25) is 0 Å². The van der Waals surface area contributed by atoms with Crippen LogP contribution in [0, 0.1) is 28.9 Å². The van der Waals surface area contributed by atoms with Crippen molar-refractivity contribution in [3.05, 3.63) is 47.3 Å². The molecule has 216 valence electrons. The summed E-state index contributed by atoms with van der Waals surface area (Å²) < 4.78 is 30.4. The molecule has 0 radical (unpaired) electrons. The van der Waals surface area contributed by atoms with Gasteiger partial charge in [-0.25, -0.2) is 13.5 Å². The van der Waals surface area contributed by atoms with E-state index in [2.05, 4.69) is 59.9 Å². The summed E-state index contributed by atoms with van der Waals surface area (Å²) in [6.45, 7) is 12.1. The summed E-state index contributed by atoms with van der Waals surface area (Å²) in [5.41, 5.74) is 2.25. The first kappa shape index (κ1) is 29.6. The molecule has 7 nitrogen and oxygen atoms in total. The Bertz CT molecular complexity index is 1110. The molecular weight excluding hydrogens is 498 g/mol. The van der Waals surface area contributed by atoms with E-state index in [1.165, 1.54) is 29.1 Å². The number of nitrogens with one attached hydrogen (secondary N) is 2. The maximum absolute atomic E-state index is 14.7. The fourth-order valence-corrected chi connectivity index (χ4v) is 6.88. The number of halogens is 2. The number of tetrazole rings is 1. The van der Waals surface area contributed by atoms with Crippen molar-refractivity contribution in [2.75, 3.05) is 18.4 Å². The molecule has 0 aliphatic heterocycles. The third kappa shape index (κ3) is 6.85. The molecule has 39 heavy (non-hydrogen) atoms. The van der Waals surface area contributed by atoms with Gasteiger partial charge in [0.25, 0.3) is 0 Å². The Balaban J connectivity index is 1.58. The minimum Gasteiger partial charge on any atom is -0.390 e. The molecule has 1 heterocycles. The van der Waals surface area contributed by atoms with Crippen LogP contribution < -0.4 is 10.6 Å². The van der Waals surface area contributed by atoms with Crippen molar-refractivity contribution in [3.8, 4) is 0 Å². The first-order chi connectivity index (χ1) is 18.5. The van der Waals surface area contributed by atoms with Crippen LogP contribution in [0.15, 0.2) is 30.1 Å². The van der Waals surface area contributed by atoms with Crippen LogP contribution in [0.4, 0.5) is 14.5 Å². The maximum Gasteiger partial charge on any atom is 0.149 e. The summed E-state index contributed by atoms with van der Waals surface area (Å²) in [6.07, 6.45) is 11.0. The summed E-state index contributed by atoms with van der Waals surface area (Å²) in [7, 11) is 0. The van der Waals surface area contributed by atoms with Crippen LogP contribution in [0.3, 0.4) is 0 Å². The molecule has 2 aromatic rings. The van der Waals surface area contributed by atoms with Gasteiger partial charge in [0.1, 0.15) is 18.0 Å². The Morgan fingerprint density at radius 3 is 2.56 bits per heavy atom. The minimum atomic E-state index is -0.880. The molecule has 1 aromatic carbocycles. The molecule has 3 N–H and O–H groups in total. The third-order valence-electron chi connectivity index (χ3n) is 9.01. The van der Waals surface area contributed by atoms with Crippen molar-refractivity contribution < 1.29 is 13.9 Å². The molecule has 4 atom stereocenters. The molecule has 0 amide bonds. The average Bonchev–Trinajstić information content (AvgIpc) is 3.42. The SMILES string of the molecule is CCNc1c(F)cc(F)cc1CC(C(O)CNC1(C2=CCC(C)C(C(C)(C)C)C2)CCCCC1)n1cnnn1. The van der Waals surface area contributed by atoms with Gasteiger partial charge in [-0.15, -0.1) is 5.10 Å². The summed E-state index contributed by atoms with van der Waals surface area (Å²) in [5, 5.41) is 30.0. The fourth-order valence-electron chi connectivity index (χ4n) is 6.88. The Kier molecular flexibility index (Phi) is 9.42. The van der Waals surface area contributed by atoms with Crippen LogP contribution >= 0.6 is 0 Å². The number of allylic oxidation sites excluding steroid dienone is 1. The number of β-amino-alcohol motifs (C(OH)–C–C–N with tert-alkyl or cyclic N) is 1. The molecule has 0 saturated heterocycles. The van der Waals surface area contributed by atoms with E-state index in [0.717, 1.165) is 44.6 Å². The number of hydrogen-bond acceptors (Lipinski definition) is 6. The number of aliphatic hydroxyl groups excluding tert-OH is 1. The molecule has 1 saturated carbocycles. The Morgan fingerprint density at radius 2 is 1.92 bits per heavy atom. The van der Waals surface area contributed by atoms with Crippen LogP contribution in [0.25, 0.3) is 0 Å². The van der Waals surface area contributed by atoms with Gasteiger partial charge in [0.15, 0.2) is 0 Å². The van der Waals surface area contributed by atoms with Crippen LogP contribution in [-0.2, 0) is 6.42 Å². The van der Waals surface area contributed by atoms with Crippen LogP contribution in [0.1, 0.15) is 91.2 Å². The lowest BCUT2D eigenvalue weighted by atomic mass is 9.62. The number of benzene rings is 1. The highest BCUT2D eigenvalue weighted by Crippen LogP contribution is 2.47. The van der Waals surface area contributed by atoms with Crippen molar-refractivity contribution in [1.29, 1.82) is 0 Å². The standard InChI is InChI=1S/C30H46F2N6O/c1-6-33-28-21(14-23(31)17-25(28)32)15-26(38-19-35-36-37-38)27(39)18-34-30(12-8-7-9-13-30)22-11-10-20(2)24(16-22)29(3,4)5/h11,14,17,19-20,24,26-27,33-34,39H,6-10,12-13,15-16,18H2,1-5H3. The molecular formula is C30H46F2N6O. The number of hydrogen-bond donors (Lipinski definition) is 3. The average molecular weight is 545 g/mol. The predicted molar refractivity (Wildman–Crippen MR) is 150 cm³/mol. The van der Waals surface area contributed by atoms with Gasteiger partial charge < -0.3 is 15.7 Å². The lowest BCUT2D eigenvalue weighted by Crippen LogP contribution is -2.53. The number of rotatable bonds is 10. The van der Waals surface area contributed by atoms with Gasteiger partial charge in [-0.2, -0.15) is 0 Å². The van der Waals surface area contributed by atoms with E-state index in [-0.39, 0.29) is 23.1 Å². The van der Waals surface area contributed by atoms with Crippen LogP contribution in [-0.4, -0.2) is 50.0 Å². The highest BCUT2D eigenvalue weighted by Gasteiger charge is 2.41. The quantitative estimate of drug-likeness (QED) is 0.326. The number of anilines is 1. The number of aliphatic hydroxyl groups is 1. The Labute approximate surface area is 231 Å². The zero-order valence-corrected chi connectivity index (χ0v) is 24.2. The van der Waals surface area contributed by atoms with E-state index in [4.69, 9.17) is 0 Å². The first-order valence-corrected chi connectivity index (χ1v) is 14.6. The lowest BCUT2D eigenvalue weighted by Gasteiger charge is -2.47. The third-order valence-corrected chi connectivity index (χ3v) is 9.01. The van der Waals surface area contributed by atoms with E-state index in [1.54, 1.807) is 0 Å². The number of aromatic nitrogens is 4. The molecule has 0 spiro atoms. The largest absolute Gasteiger partial charge is 0.390 e. The van der Waals surface area contributed by atoms with Crippen molar-refractivity contribution >= 4 is 5.69 Å². The van der Waals surface area contributed by atoms with E-state index in [0.29, 0.717) is 30.5 Å². The van der Waals surface area contributed by atoms with Gasteiger partial charge in [0.2, 0.25) is 0 Å². The summed E-state index contributed by atoms with van der Waals surface area (Å²) >= 11 is 0. The monoisotopic (exact) mass is 544 g/mol. The molecule has 9 heteroatoms. The van der Waals surface area contributed by atoms with Gasteiger partial charge >= 0.3 is 0 Å². The Morgan fingerprint density at radius 1 is 1.18 bits per heavy atom. The van der Waals surface area contributed by atoms with E-state index in [9.17, 15) is 13.9 Å². The Hall–Kier alpha value is -2.39. The highest BCUT2D eigenvalue weighted by atomic mass is 19.1. The lowest BCUT2D eigenvalue weighted by molar-refractivity contribution is 0.0868. The fraction of sp³-hybridized carbons (Fsp3) is 0.700. The molecule has 2 aliphatic carbocycles. The van der Waals surface area contributed by atoms with Crippen molar-refractivity contribution in [1.82, 2.24) is 25.5 Å². The second-order valence-electron chi connectivity index (χ2n) is 12.7. The zero-order valence-electron chi connectivity index (χ0n) is 24.2. The van der Waals surface area contributed by atoms with Gasteiger partial charge in [0.05, 0.1) is 17.8 Å². The van der Waals surface area contributed by atoms with Crippen molar-refractivity contribution in [2.45, 2.75) is 104 Å². The van der Waals surface area contributed by atoms with E-state index in [1.807, 2.05) is 6.92 Å². The maximum atomic E-state index is 14.7. The van der Waals surface area contributed by atoms with Crippen molar-refractivity contribution in [3.63, 3.8) is 0 Å². The second kappa shape index (κ2) is 12.4. The van der Waals surface area contributed by atoms with Gasteiger partial charge in [-0.05, 0) is 78.3 Å². The van der Waals surface area contributed by atoms with Gasteiger partial charge in [-0.3, -0.25) is 0 Å². The highest BCUT2D eigenvalue weighted by molar-refractivity contribution is 5.53. The summed E-state index contributed by atoms with van der Waals surface area (Å²) in [6, 6.07) is 1.60. The molecule has 1 aromatic heterocycles. The molecule has 2 aliphatic rings. The molecule has 0 bridgehead atoms. The smallest absolute Gasteiger partial charge is 0.149 e. The number of nitrogens with zero attached hydrogens (tertiary/aromatic N) is 4. The summed E-state index contributed by atoms with van der Waals surface area (Å²) in [5.74, 6) is -0.0608. The zero-order chi connectivity index (χ0) is 28.2. The van der Waals surface area contributed by atoms with Crippen molar-refractivity contribution in [2.24, 2.45) is 17.3 Å². The van der Waals surface area contributed by atoms with E-state index < -0.39 is 23.8 Å². The summed E-state index contributed by atoms with van der Waals surface area (Å²) in [4.78, 5) is 0. The van der Waals surface area contributed by atoms with Crippen LogP contribution in [0.5, 0.6) is 0 Å². The molecule has 1 fully saturated rings. The normalized spacial score (nSPS) is 23.2. The van der Waals surface area contributed by atoms with E-state index >= 15 is 0 Å². The van der Waals surface area contributed by atoms with Gasteiger partial charge in [-0.1, -0.05) is 58.6 Å². The minimum absolute atomic E-state index is 0.145. The second-order valence-corrected chi connectivity index (χ2v) is 12.7. The van der Waals surface area contributed by atoms with Gasteiger partial charge in [0, 0.05) is 24.7 Å². The molecule has 4 rings (SSSR count). The predicted octanol–water partition coefficient (Wildman–Crippen LogP) is 5.84.